The molecular formula is C6H6Cl2N2O2. The predicted octanol–water partition coefficient (Wildman–Crippen LogP) is 0.806. The number of halogens is 2. The van der Waals surface area contributed by atoms with Crippen LogP contribution in [0.5, 0.6) is 0 Å². The third-order valence-electron chi connectivity index (χ3n) is 1.21. The SMILES string of the molecule is COC(=O)C1(Cl)N=CC=C(Cl)N1. The smallest absolute Gasteiger partial charge is 0.371 e. The predicted molar refractivity (Wildman–Crippen MR) is 46.2 cm³/mol. The van der Waals surface area contributed by atoms with Crippen LogP contribution in [0.1, 0.15) is 0 Å². The van der Waals surface area contributed by atoms with Crippen molar-refractivity contribution in [3.63, 3.8) is 0 Å². The van der Waals surface area contributed by atoms with Crippen LogP contribution >= 0.6 is 23.2 Å². The molecule has 1 aliphatic rings. The average Bonchev–Trinajstić information content (AvgIpc) is 2.02. The maximum absolute atomic E-state index is 11.0. The minimum atomic E-state index is -1.61. The first kappa shape index (κ1) is 9.35. The first-order chi connectivity index (χ1) is 5.58. The highest BCUT2D eigenvalue weighted by Gasteiger charge is 2.38. The number of alkyl halides is 1. The van der Waals surface area contributed by atoms with E-state index >= 15 is 0 Å². The fourth-order valence-electron chi connectivity index (χ4n) is 0.677. The number of allylic oxidation sites excluding steroid dienone is 1. The van der Waals surface area contributed by atoms with E-state index in [-0.39, 0.29) is 5.16 Å². The van der Waals surface area contributed by atoms with Gasteiger partial charge in [-0.2, -0.15) is 0 Å². The lowest BCUT2D eigenvalue weighted by Gasteiger charge is -2.23. The number of rotatable bonds is 1. The van der Waals surface area contributed by atoms with Gasteiger partial charge in [-0.15, -0.1) is 0 Å². The second-order valence-corrected chi connectivity index (χ2v) is 2.99. The summed E-state index contributed by atoms with van der Waals surface area (Å²) < 4.78 is 4.41. The van der Waals surface area contributed by atoms with Crippen LogP contribution in [0.25, 0.3) is 0 Å². The summed E-state index contributed by atoms with van der Waals surface area (Å²) in [6, 6.07) is 0. The van der Waals surface area contributed by atoms with Crippen LogP contribution in [0.4, 0.5) is 0 Å². The zero-order chi connectivity index (χ0) is 9.19. The fraction of sp³-hybridized carbons (Fsp3) is 0.333. The molecule has 0 amide bonds. The Hall–Kier alpha value is -0.740. The van der Waals surface area contributed by atoms with Crippen molar-refractivity contribution >= 4 is 35.4 Å². The Bertz CT molecular complexity index is 264. The van der Waals surface area contributed by atoms with Gasteiger partial charge in [0.15, 0.2) is 0 Å². The minimum Gasteiger partial charge on any atom is -0.465 e. The van der Waals surface area contributed by atoms with E-state index in [1.54, 1.807) is 0 Å². The topological polar surface area (TPSA) is 50.7 Å². The Balaban J connectivity index is 2.82. The summed E-state index contributed by atoms with van der Waals surface area (Å²) >= 11 is 11.3. The normalized spacial score (nSPS) is 27.4. The van der Waals surface area contributed by atoms with Gasteiger partial charge in [-0.05, 0) is 6.08 Å². The van der Waals surface area contributed by atoms with E-state index in [2.05, 4.69) is 15.0 Å². The molecule has 0 saturated heterocycles. The average molecular weight is 209 g/mol. The molecule has 6 heteroatoms. The lowest BCUT2D eigenvalue weighted by atomic mass is 10.4. The van der Waals surface area contributed by atoms with E-state index < -0.39 is 11.1 Å². The summed E-state index contributed by atoms with van der Waals surface area (Å²) in [7, 11) is 1.22. The maximum Gasteiger partial charge on any atom is 0.371 e. The first-order valence-corrected chi connectivity index (χ1v) is 3.80. The zero-order valence-corrected chi connectivity index (χ0v) is 7.69. The third-order valence-corrected chi connectivity index (χ3v) is 1.78. The number of hydrogen-bond donors (Lipinski definition) is 1. The Kier molecular flexibility index (Phi) is 2.59. The summed E-state index contributed by atoms with van der Waals surface area (Å²) in [5.74, 6) is -0.702. The maximum atomic E-state index is 11.0. The largest absolute Gasteiger partial charge is 0.465 e. The number of hydrogen-bond acceptors (Lipinski definition) is 4. The second kappa shape index (κ2) is 3.33. The molecule has 0 radical (unpaired) electrons. The number of esters is 1. The molecule has 1 atom stereocenters. The first-order valence-electron chi connectivity index (χ1n) is 3.05. The van der Waals surface area contributed by atoms with Gasteiger partial charge in [0.2, 0.25) is 0 Å². The third kappa shape index (κ3) is 1.70. The van der Waals surface area contributed by atoms with Crippen molar-refractivity contribution in [3.8, 4) is 0 Å². The lowest BCUT2D eigenvalue weighted by Crippen LogP contribution is -2.46. The molecule has 0 saturated carbocycles. The van der Waals surface area contributed by atoms with Gasteiger partial charge in [-0.1, -0.05) is 23.2 Å². The van der Waals surface area contributed by atoms with E-state index in [4.69, 9.17) is 23.2 Å². The van der Waals surface area contributed by atoms with Gasteiger partial charge in [0.1, 0.15) is 5.16 Å². The van der Waals surface area contributed by atoms with Gasteiger partial charge < -0.3 is 10.1 Å². The number of ether oxygens (including phenoxy) is 1. The highest BCUT2D eigenvalue weighted by Crippen LogP contribution is 2.20. The van der Waals surface area contributed by atoms with E-state index in [0.717, 1.165) is 0 Å². The molecule has 1 unspecified atom stereocenters. The van der Waals surface area contributed by atoms with E-state index in [0.29, 0.717) is 0 Å². The molecule has 12 heavy (non-hydrogen) atoms. The zero-order valence-electron chi connectivity index (χ0n) is 6.17. The van der Waals surface area contributed by atoms with Crippen molar-refractivity contribution in [3.05, 3.63) is 11.2 Å². The molecular weight excluding hydrogens is 203 g/mol. The molecule has 1 N–H and O–H groups in total. The summed E-state index contributed by atoms with van der Waals surface area (Å²) in [6.07, 6.45) is 2.81. The molecule has 0 aromatic carbocycles. The molecule has 4 nitrogen and oxygen atoms in total. The lowest BCUT2D eigenvalue weighted by molar-refractivity contribution is -0.144. The Morgan fingerprint density at radius 1 is 1.83 bits per heavy atom. The highest BCUT2D eigenvalue weighted by molar-refractivity contribution is 6.37. The Labute approximate surface area is 79.2 Å². The van der Waals surface area contributed by atoms with Crippen LogP contribution in [0, 0.1) is 0 Å². The van der Waals surface area contributed by atoms with Crippen molar-refractivity contribution in [2.75, 3.05) is 7.11 Å². The van der Waals surface area contributed by atoms with Gasteiger partial charge in [0.05, 0.1) is 7.11 Å². The number of nitrogens with zero attached hydrogens (tertiary/aromatic N) is 1. The van der Waals surface area contributed by atoms with Crippen molar-refractivity contribution in [1.82, 2.24) is 5.32 Å². The van der Waals surface area contributed by atoms with Crippen molar-refractivity contribution < 1.29 is 9.53 Å². The van der Waals surface area contributed by atoms with E-state index in [9.17, 15) is 4.79 Å². The van der Waals surface area contributed by atoms with Gasteiger partial charge in [0.25, 0.3) is 0 Å². The molecule has 0 aromatic rings. The monoisotopic (exact) mass is 208 g/mol. The number of nitrogens with one attached hydrogen (secondary N) is 1. The van der Waals surface area contributed by atoms with Gasteiger partial charge >= 0.3 is 11.1 Å². The van der Waals surface area contributed by atoms with Crippen LogP contribution in [0.3, 0.4) is 0 Å². The van der Waals surface area contributed by atoms with E-state index in [1.165, 1.54) is 19.4 Å². The summed E-state index contributed by atoms with van der Waals surface area (Å²) in [5.41, 5.74) is 0. The molecule has 1 aliphatic heterocycles. The summed E-state index contributed by atoms with van der Waals surface area (Å²) in [4.78, 5) is 14.7. The van der Waals surface area contributed by atoms with Crippen molar-refractivity contribution in [2.45, 2.75) is 5.12 Å². The Morgan fingerprint density at radius 2 is 2.50 bits per heavy atom. The van der Waals surface area contributed by atoms with Gasteiger partial charge in [-0.25, -0.2) is 9.79 Å². The molecule has 0 fully saturated rings. The molecule has 0 spiro atoms. The second-order valence-electron chi connectivity index (χ2n) is 2.03. The van der Waals surface area contributed by atoms with E-state index in [1.807, 2.05) is 0 Å². The molecule has 1 heterocycles. The molecule has 0 aromatic heterocycles. The van der Waals surface area contributed by atoms with Crippen molar-refractivity contribution in [2.24, 2.45) is 4.99 Å². The van der Waals surface area contributed by atoms with Gasteiger partial charge in [-0.3, -0.25) is 0 Å². The highest BCUT2D eigenvalue weighted by atomic mass is 35.5. The number of carbonyl (C=O) groups excluding carboxylic acids is 1. The number of carbonyl (C=O) groups is 1. The fourth-order valence-corrected chi connectivity index (χ4v) is 1.15. The quantitative estimate of drug-likeness (QED) is 0.395. The Morgan fingerprint density at radius 3 is 3.00 bits per heavy atom. The summed E-state index contributed by atoms with van der Waals surface area (Å²) in [6.45, 7) is 0. The van der Waals surface area contributed by atoms with Crippen LogP contribution in [-0.4, -0.2) is 24.4 Å². The molecule has 66 valence electrons. The summed E-state index contributed by atoms with van der Waals surface area (Å²) in [5, 5.41) is 1.09. The minimum absolute atomic E-state index is 0.241. The standard InChI is InChI=1S/C6H6Cl2N2O2/c1-12-5(11)6(8)9-3-2-4(7)10-6/h2-3,10H,1H3. The van der Waals surface area contributed by atoms with Crippen LogP contribution in [-0.2, 0) is 9.53 Å². The number of aliphatic imine (C=N–C) groups is 1. The van der Waals surface area contributed by atoms with Crippen molar-refractivity contribution in [1.29, 1.82) is 0 Å². The van der Waals surface area contributed by atoms with Crippen LogP contribution < -0.4 is 5.32 Å². The molecule has 0 aliphatic carbocycles. The van der Waals surface area contributed by atoms with Crippen LogP contribution in [0.2, 0.25) is 0 Å². The van der Waals surface area contributed by atoms with Gasteiger partial charge in [0, 0.05) is 6.21 Å². The molecule has 0 bridgehead atoms. The number of methoxy groups -OCH3 is 1. The molecule has 1 rings (SSSR count). The van der Waals surface area contributed by atoms with Crippen LogP contribution in [0.15, 0.2) is 16.2 Å².